The highest BCUT2D eigenvalue weighted by atomic mass is 32.2. The van der Waals surface area contributed by atoms with Crippen molar-refractivity contribution in [2.24, 2.45) is 5.73 Å². The lowest BCUT2D eigenvalue weighted by Crippen LogP contribution is -2.32. The van der Waals surface area contributed by atoms with Crippen molar-refractivity contribution in [2.75, 3.05) is 18.1 Å². The second kappa shape index (κ2) is 6.95. The molecule has 100 valence electrons. The predicted octanol–water partition coefficient (Wildman–Crippen LogP) is 3.05. The van der Waals surface area contributed by atoms with Gasteiger partial charge in [0, 0.05) is 11.3 Å². The fraction of sp³-hybridized carbons (Fsp3) is 0.538. The molecule has 3 N–H and O–H groups in total. The summed E-state index contributed by atoms with van der Waals surface area (Å²) in [5, 5.41) is 3.44. The van der Waals surface area contributed by atoms with Gasteiger partial charge in [0.1, 0.15) is 4.99 Å². The summed E-state index contributed by atoms with van der Waals surface area (Å²) < 4.78 is 0.293. The van der Waals surface area contributed by atoms with Crippen molar-refractivity contribution in [2.45, 2.75) is 31.4 Å². The topological polar surface area (TPSA) is 50.9 Å². The molecule has 0 aliphatic carbocycles. The SMILES string of the molecule is CCC(CC)(CNc1ccc(C(N)=S)nc1)SC. The number of hydrogen-bond acceptors (Lipinski definition) is 4. The molecule has 0 saturated heterocycles. The van der Waals surface area contributed by atoms with Gasteiger partial charge in [0.25, 0.3) is 0 Å². The fourth-order valence-electron chi connectivity index (χ4n) is 1.77. The first kappa shape index (κ1) is 15.2. The monoisotopic (exact) mass is 283 g/mol. The largest absolute Gasteiger partial charge is 0.388 e. The predicted molar refractivity (Wildman–Crippen MR) is 85.4 cm³/mol. The molecule has 0 aliphatic heterocycles. The van der Waals surface area contributed by atoms with E-state index in [0.29, 0.717) is 15.4 Å². The molecule has 0 bridgehead atoms. The van der Waals surface area contributed by atoms with Crippen molar-refractivity contribution in [3.63, 3.8) is 0 Å². The molecule has 3 nitrogen and oxygen atoms in total. The summed E-state index contributed by atoms with van der Waals surface area (Å²) in [5.74, 6) is 0. The maximum atomic E-state index is 5.52. The van der Waals surface area contributed by atoms with E-state index in [1.54, 1.807) is 6.20 Å². The maximum absolute atomic E-state index is 5.52. The van der Waals surface area contributed by atoms with E-state index < -0.39 is 0 Å². The number of thiocarbonyl (C=S) groups is 1. The first-order chi connectivity index (χ1) is 8.56. The van der Waals surface area contributed by atoms with E-state index in [9.17, 15) is 0 Å². The Hall–Kier alpha value is -0.810. The Morgan fingerprint density at radius 2 is 2.11 bits per heavy atom. The summed E-state index contributed by atoms with van der Waals surface area (Å²) in [4.78, 5) is 4.56. The Balaban J connectivity index is 2.65. The number of nitrogens with zero attached hydrogens (tertiary/aromatic N) is 1. The second-order valence-electron chi connectivity index (χ2n) is 4.24. The molecule has 1 heterocycles. The highest BCUT2D eigenvalue weighted by Gasteiger charge is 2.24. The average molecular weight is 283 g/mol. The van der Waals surface area contributed by atoms with Crippen LogP contribution in [0.5, 0.6) is 0 Å². The molecule has 0 radical (unpaired) electrons. The van der Waals surface area contributed by atoms with Crippen LogP contribution < -0.4 is 11.1 Å². The van der Waals surface area contributed by atoms with Crippen LogP contribution in [0.4, 0.5) is 5.69 Å². The molecular weight excluding hydrogens is 262 g/mol. The van der Waals surface area contributed by atoms with Gasteiger partial charge in [-0.1, -0.05) is 26.1 Å². The molecule has 0 saturated carbocycles. The minimum absolute atomic E-state index is 0.293. The molecule has 0 fully saturated rings. The van der Waals surface area contributed by atoms with Crippen molar-refractivity contribution in [1.29, 1.82) is 0 Å². The van der Waals surface area contributed by atoms with Crippen LogP contribution in [0.2, 0.25) is 0 Å². The van der Waals surface area contributed by atoms with Crippen LogP contribution in [0.1, 0.15) is 32.4 Å². The molecule has 0 unspecified atom stereocenters. The van der Waals surface area contributed by atoms with Gasteiger partial charge in [-0.15, -0.1) is 0 Å². The molecule has 5 heteroatoms. The molecular formula is C13H21N3S2. The zero-order valence-electron chi connectivity index (χ0n) is 11.2. The highest BCUT2D eigenvalue weighted by Crippen LogP contribution is 2.30. The van der Waals surface area contributed by atoms with E-state index in [2.05, 4.69) is 30.4 Å². The summed E-state index contributed by atoms with van der Waals surface area (Å²) in [6.45, 7) is 5.40. The number of aromatic nitrogens is 1. The maximum Gasteiger partial charge on any atom is 0.122 e. The van der Waals surface area contributed by atoms with Crippen LogP contribution in [-0.2, 0) is 0 Å². The standard InChI is InChI=1S/C13H21N3S2/c1-4-13(5-2,18-3)9-16-10-6-7-11(12(14)17)15-8-10/h6-8,16H,4-5,9H2,1-3H3,(H2,14,17). The van der Waals surface area contributed by atoms with E-state index in [1.807, 2.05) is 23.9 Å². The zero-order chi connectivity index (χ0) is 13.6. The van der Waals surface area contributed by atoms with Gasteiger partial charge in [0.05, 0.1) is 17.6 Å². The summed E-state index contributed by atoms with van der Waals surface area (Å²) in [6.07, 6.45) is 6.25. The van der Waals surface area contributed by atoms with E-state index in [4.69, 9.17) is 18.0 Å². The van der Waals surface area contributed by atoms with E-state index in [1.165, 1.54) is 0 Å². The Morgan fingerprint density at radius 3 is 2.50 bits per heavy atom. The lowest BCUT2D eigenvalue weighted by Gasteiger charge is -2.30. The molecule has 0 spiro atoms. The minimum atomic E-state index is 0.293. The molecule has 0 aromatic carbocycles. The van der Waals surface area contributed by atoms with Crippen LogP contribution in [-0.4, -0.2) is 27.5 Å². The lowest BCUT2D eigenvalue weighted by molar-refractivity contribution is 0.574. The third kappa shape index (κ3) is 3.85. The summed E-state index contributed by atoms with van der Waals surface area (Å²) in [7, 11) is 0. The van der Waals surface area contributed by atoms with Crippen molar-refractivity contribution < 1.29 is 0 Å². The van der Waals surface area contributed by atoms with Gasteiger partial charge >= 0.3 is 0 Å². The van der Waals surface area contributed by atoms with Gasteiger partial charge in [-0.3, -0.25) is 4.98 Å². The molecule has 1 aromatic rings. The van der Waals surface area contributed by atoms with Crippen molar-refractivity contribution >= 4 is 34.7 Å². The minimum Gasteiger partial charge on any atom is -0.388 e. The Bertz CT molecular complexity index is 377. The number of nitrogens with two attached hydrogens (primary N) is 1. The van der Waals surface area contributed by atoms with Crippen molar-refractivity contribution in [3.8, 4) is 0 Å². The number of rotatable bonds is 7. The lowest BCUT2D eigenvalue weighted by atomic mass is 10.0. The number of nitrogens with one attached hydrogen (secondary N) is 1. The van der Waals surface area contributed by atoms with Crippen LogP contribution in [0.3, 0.4) is 0 Å². The second-order valence-corrected chi connectivity index (χ2v) is 5.96. The van der Waals surface area contributed by atoms with Gasteiger partial charge in [-0.25, -0.2) is 0 Å². The normalized spacial score (nSPS) is 11.3. The number of pyridine rings is 1. The molecule has 0 amide bonds. The quantitative estimate of drug-likeness (QED) is 0.753. The Labute approximate surface area is 119 Å². The zero-order valence-corrected chi connectivity index (χ0v) is 12.8. The fourth-order valence-corrected chi connectivity index (χ4v) is 2.68. The van der Waals surface area contributed by atoms with Gasteiger partial charge in [-0.05, 0) is 31.2 Å². The Morgan fingerprint density at radius 1 is 1.44 bits per heavy atom. The molecule has 1 aromatic heterocycles. The van der Waals surface area contributed by atoms with Crippen LogP contribution in [0, 0.1) is 0 Å². The van der Waals surface area contributed by atoms with Gasteiger partial charge in [0.15, 0.2) is 0 Å². The van der Waals surface area contributed by atoms with Crippen LogP contribution in [0.25, 0.3) is 0 Å². The smallest absolute Gasteiger partial charge is 0.122 e. The van der Waals surface area contributed by atoms with Crippen molar-refractivity contribution in [3.05, 3.63) is 24.0 Å². The Kier molecular flexibility index (Phi) is 5.88. The first-order valence-electron chi connectivity index (χ1n) is 6.11. The molecule has 0 atom stereocenters. The van der Waals surface area contributed by atoms with E-state index >= 15 is 0 Å². The molecule has 1 rings (SSSR count). The van der Waals surface area contributed by atoms with Gasteiger partial charge in [-0.2, -0.15) is 11.8 Å². The number of thioether (sulfide) groups is 1. The average Bonchev–Trinajstić information content (AvgIpc) is 2.41. The highest BCUT2D eigenvalue weighted by molar-refractivity contribution is 8.00. The summed E-state index contributed by atoms with van der Waals surface area (Å²) in [5.41, 5.74) is 7.19. The van der Waals surface area contributed by atoms with Gasteiger partial charge in [0.2, 0.25) is 0 Å². The van der Waals surface area contributed by atoms with Crippen LogP contribution in [0.15, 0.2) is 18.3 Å². The first-order valence-corrected chi connectivity index (χ1v) is 7.75. The summed E-state index contributed by atoms with van der Waals surface area (Å²) >= 11 is 6.80. The molecule has 18 heavy (non-hydrogen) atoms. The summed E-state index contributed by atoms with van der Waals surface area (Å²) in [6, 6.07) is 3.82. The number of anilines is 1. The third-order valence-electron chi connectivity index (χ3n) is 3.35. The van der Waals surface area contributed by atoms with Crippen LogP contribution >= 0.6 is 24.0 Å². The van der Waals surface area contributed by atoms with E-state index in [0.717, 1.165) is 25.1 Å². The molecule has 0 aliphatic rings. The van der Waals surface area contributed by atoms with Gasteiger partial charge < -0.3 is 11.1 Å². The third-order valence-corrected chi connectivity index (χ3v) is 5.15. The number of hydrogen-bond donors (Lipinski definition) is 2. The van der Waals surface area contributed by atoms with E-state index in [-0.39, 0.29) is 0 Å². The van der Waals surface area contributed by atoms with Crippen molar-refractivity contribution in [1.82, 2.24) is 4.98 Å².